The van der Waals surface area contributed by atoms with Crippen LogP contribution < -0.4 is 10.6 Å². The Hall–Kier alpha value is -3.02. The third kappa shape index (κ3) is 6.79. The van der Waals surface area contributed by atoms with Gasteiger partial charge >= 0.3 is 0 Å². The van der Waals surface area contributed by atoms with Gasteiger partial charge in [-0.25, -0.2) is 0 Å². The highest BCUT2D eigenvalue weighted by Crippen LogP contribution is 2.26. The Labute approximate surface area is 185 Å². The molecule has 3 aromatic carbocycles. The Morgan fingerprint density at radius 1 is 0.867 bits per heavy atom. The molecule has 152 valence electrons. The van der Waals surface area contributed by atoms with Crippen molar-refractivity contribution in [3.05, 3.63) is 95.5 Å². The van der Waals surface area contributed by atoms with Crippen LogP contribution in [0.3, 0.4) is 0 Å². The van der Waals surface area contributed by atoms with Crippen LogP contribution in [0.15, 0.2) is 89.8 Å². The lowest BCUT2D eigenvalue weighted by molar-refractivity contribution is -0.115. The normalized spacial score (nSPS) is 11.8. The molecule has 1 unspecified atom stereocenters. The van der Waals surface area contributed by atoms with E-state index < -0.39 is 0 Å². The second kappa shape index (κ2) is 10.7. The van der Waals surface area contributed by atoms with Crippen molar-refractivity contribution in [2.45, 2.75) is 17.1 Å². The quantitative estimate of drug-likeness (QED) is 0.347. The van der Waals surface area contributed by atoms with Crippen LogP contribution in [0.4, 0.5) is 11.4 Å². The van der Waals surface area contributed by atoms with Gasteiger partial charge < -0.3 is 10.6 Å². The maximum absolute atomic E-state index is 12.4. The molecule has 6 heteroatoms. The van der Waals surface area contributed by atoms with Crippen molar-refractivity contribution < 1.29 is 9.59 Å². The van der Waals surface area contributed by atoms with Gasteiger partial charge in [0.1, 0.15) is 0 Å². The van der Waals surface area contributed by atoms with Crippen LogP contribution in [0.25, 0.3) is 6.08 Å². The summed E-state index contributed by atoms with van der Waals surface area (Å²) in [5, 5.41) is 6.04. The average Bonchev–Trinajstić information content (AvgIpc) is 2.76. The lowest BCUT2D eigenvalue weighted by Gasteiger charge is -2.12. The molecule has 3 aromatic rings. The number of hydrogen-bond donors (Lipinski definition) is 2. The SMILES string of the molecule is CC(Sc1ccc(NC(=O)/C=C/c2ccccc2)cc1)C(=O)Nc1ccc(Cl)cc1. The van der Waals surface area contributed by atoms with Crippen LogP contribution in [-0.4, -0.2) is 17.1 Å². The van der Waals surface area contributed by atoms with E-state index in [2.05, 4.69) is 10.6 Å². The Kier molecular flexibility index (Phi) is 7.71. The summed E-state index contributed by atoms with van der Waals surface area (Å²) in [6.45, 7) is 1.85. The van der Waals surface area contributed by atoms with Gasteiger partial charge in [0.2, 0.25) is 11.8 Å². The monoisotopic (exact) mass is 436 g/mol. The summed E-state index contributed by atoms with van der Waals surface area (Å²) in [6.07, 6.45) is 3.27. The fourth-order valence-electron chi connectivity index (χ4n) is 2.57. The van der Waals surface area contributed by atoms with Gasteiger partial charge in [0.25, 0.3) is 0 Å². The second-order valence-electron chi connectivity index (χ2n) is 6.51. The first-order valence-corrected chi connectivity index (χ1v) is 10.6. The molecule has 0 aliphatic heterocycles. The Morgan fingerprint density at radius 3 is 2.13 bits per heavy atom. The molecule has 0 spiro atoms. The minimum atomic E-state index is -0.282. The average molecular weight is 437 g/mol. The Balaban J connectivity index is 1.51. The maximum Gasteiger partial charge on any atom is 0.248 e. The van der Waals surface area contributed by atoms with E-state index in [0.717, 1.165) is 10.5 Å². The van der Waals surface area contributed by atoms with Crippen molar-refractivity contribution in [2.75, 3.05) is 10.6 Å². The smallest absolute Gasteiger partial charge is 0.248 e. The van der Waals surface area contributed by atoms with Crippen LogP contribution in [0.2, 0.25) is 5.02 Å². The van der Waals surface area contributed by atoms with Gasteiger partial charge in [0.05, 0.1) is 5.25 Å². The third-order valence-electron chi connectivity index (χ3n) is 4.14. The van der Waals surface area contributed by atoms with Crippen molar-refractivity contribution in [2.24, 2.45) is 0 Å². The van der Waals surface area contributed by atoms with Crippen molar-refractivity contribution in [1.29, 1.82) is 0 Å². The van der Waals surface area contributed by atoms with Gasteiger partial charge in [-0.15, -0.1) is 11.8 Å². The molecule has 2 N–H and O–H groups in total. The van der Waals surface area contributed by atoms with E-state index in [1.165, 1.54) is 17.8 Å². The Bertz CT molecular complexity index is 1020. The number of amides is 2. The number of nitrogens with one attached hydrogen (secondary N) is 2. The summed E-state index contributed by atoms with van der Waals surface area (Å²) in [5.41, 5.74) is 2.36. The molecule has 1 atom stereocenters. The van der Waals surface area contributed by atoms with E-state index in [1.807, 2.05) is 61.5 Å². The van der Waals surface area contributed by atoms with E-state index in [1.54, 1.807) is 30.3 Å². The highest BCUT2D eigenvalue weighted by atomic mass is 35.5. The van der Waals surface area contributed by atoms with Gasteiger partial charge in [-0.05, 0) is 67.1 Å². The molecule has 0 fully saturated rings. The first kappa shape index (κ1) is 21.7. The summed E-state index contributed by atoms with van der Waals surface area (Å²) in [7, 11) is 0. The fourth-order valence-corrected chi connectivity index (χ4v) is 3.56. The highest BCUT2D eigenvalue weighted by Gasteiger charge is 2.14. The molecular weight excluding hydrogens is 416 g/mol. The second-order valence-corrected chi connectivity index (χ2v) is 8.36. The van der Waals surface area contributed by atoms with Crippen LogP contribution in [-0.2, 0) is 9.59 Å². The van der Waals surface area contributed by atoms with Crippen LogP contribution >= 0.6 is 23.4 Å². The molecule has 0 aromatic heterocycles. The molecule has 0 heterocycles. The van der Waals surface area contributed by atoms with Crippen LogP contribution in [0.1, 0.15) is 12.5 Å². The number of hydrogen-bond acceptors (Lipinski definition) is 3. The zero-order chi connectivity index (χ0) is 21.3. The number of benzene rings is 3. The van der Waals surface area contributed by atoms with Crippen molar-refractivity contribution in [1.82, 2.24) is 0 Å². The zero-order valence-electron chi connectivity index (χ0n) is 16.3. The summed E-state index contributed by atoms with van der Waals surface area (Å²) >= 11 is 7.31. The zero-order valence-corrected chi connectivity index (χ0v) is 17.9. The van der Waals surface area contributed by atoms with Gasteiger partial charge in [-0.3, -0.25) is 9.59 Å². The molecule has 30 heavy (non-hydrogen) atoms. The summed E-state index contributed by atoms with van der Waals surface area (Å²) < 4.78 is 0. The van der Waals surface area contributed by atoms with Gasteiger partial charge in [0, 0.05) is 27.4 Å². The molecule has 3 rings (SSSR count). The first-order chi connectivity index (χ1) is 14.5. The van der Waals surface area contributed by atoms with E-state index in [0.29, 0.717) is 16.4 Å². The van der Waals surface area contributed by atoms with Gasteiger partial charge in [-0.1, -0.05) is 41.9 Å². The lowest BCUT2D eigenvalue weighted by Crippen LogP contribution is -2.22. The van der Waals surface area contributed by atoms with Crippen molar-refractivity contribution in [3.63, 3.8) is 0 Å². The van der Waals surface area contributed by atoms with E-state index >= 15 is 0 Å². The number of rotatable bonds is 7. The number of carbonyl (C=O) groups is 2. The van der Waals surface area contributed by atoms with E-state index in [9.17, 15) is 9.59 Å². The minimum Gasteiger partial charge on any atom is -0.325 e. The minimum absolute atomic E-state index is 0.0919. The third-order valence-corrected chi connectivity index (χ3v) is 5.51. The summed E-state index contributed by atoms with van der Waals surface area (Å²) in [4.78, 5) is 25.4. The van der Waals surface area contributed by atoms with Crippen LogP contribution in [0.5, 0.6) is 0 Å². The molecule has 2 amide bonds. The highest BCUT2D eigenvalue weighted by molar-refractivity contribution is 8.00. The maximum atomic E-state index is 12.4. The van der Waals surface area contributed by atoms with Crippen LogP contribution in [0, 0.1) is 0 Å². The molecule has 0 saturated carbocycles. The molecule has 4 nitrogen and oxygen atoms in total. The van der Waals surface area contributed by atoms with Crippen molar-refractivity contribution >= 4 is 52.6 Å². The first-order valence-electron chi connectivity index (χ1n) is 9.37. The van der Waals surface area contributed by atoms with E-state index in [4.69, 9.17) is 11.6 Å². The molecular formula is C24H21ClN2O2S. The topological polar surface area (TPSA) is 58.2 Å². The molecule has 0 aliphatic carbocycles. The van der Waals surface area contributed by atoms with E-state index in [-0.39, 0.29) is 17.1 Å². The van der Waals surface area contributed by atoms with Gasteiger partial charge in [-0.2, -0.15) is 0 Å². The molecule has 0 bridgehead atoms. The summed E-state index contributed by atoms with van der Waals surface area (Å²) in [5.74, 6) is -0.291. The Morgan fingerprint density at radius 2 is 1.47 bits per heavy atom. The molecule has 0 saturated heterocycles. The number of thioether (sulfide) groups is 1. The number of anilines is 2. The molecule has 0 aliphatic rings. The van der Waals surface area contributed by atoms with Crippen molar-refractivity contribution in [3.8, 4) is 0 Å². The predicted octanol–water partition coefficient (Wildman–Crippen LogP) is 6.11. The number of halogens is 1. The predicted molar refractivity (Wildman–Crippen MR) is 126 cm³/mol. The molecule has 0 radical (unpaired) electrons. The number of carbonyl (C=O) groups excluding carboxylic acids is 2. The van der Waals surface area contributed by atoms with Gasteiger partial charge in [0.15, 0.2) is 0 Å². The summed E-state index contributed by atoms with van der Waals surface area (Å²) in [6, 6.07) is 24.0. The standard InChI is InChI=1S/C24H21ClN2O2S/c1-17(24(29)27-21-10-8-19(25)9-11-21)30-22-14-12-20(13-15-22)26-23(28)16-7-18-5-3-2-4-6-18/h2-17H,1H3,(H,26,28)(H,27,29)/b16-7+. The largest absolute Gasteiger partial charge is 0.325 e. The lowest BCUT2D eigenvalue weighted by atomic mass is 10.2. The fraction of sp³-hybridized carbons (Fsp3) is 0.0833.